The van der Waals surface area contributed by atoms with Crippen molar-refractivity contribution in [1.82, 2.24) is 0 Å². The second kappa shape index (κ2) is 3.70. The van der Waals surface area contributed by atoms with E-state index in [1.54, 1.807) is 6.07 Å². The third kappa shape index (κ3) is 1.96. The summed E-state index contributed by atoms with van der Waals surface area (Å²) in [5.74, 6) is 0.0642. The minimum atomic E-state index is -4.37. The highest BCUT2D eigenvalue weighted by atomic mass is 19.4. The quantitative estimate of drug-likeness (QED) is 0.714. The Hall–Kier alpha value is -1.71. The molecule has 0 atom stereocenters. The van der Waals surface area contributed by atoms with Gasteiger partial charge in [0.05, 0.1) is 11.3 Å². The van der Waals surface area contributed by atoms with Crippen LogP contribution >= 0.6 is 0 Å². The summed E-state index contributed by atoms with van der Waals surface area (Å²) in [4.78, 5) is 0. The summed E-state index contributed by atoms with van der Waals surface area (Å²) in [5.41, 5.74) is -0.0445. The molecule has 1 aliphatic rings. The number of fused-ring (bicyclic) bond motifs is 1. The van der Waals surface area contributed by atoms with Gasteiger partial charge in [-0.1, -0.05) is 24.3 Å². The number of hydrogen-bond acceptors (Lipinski definition) is 1. The molecule has 16 heavy (non-hydrogen) atoms. The Morgan fingerprint density at radius 3 is 2.62 bits per heavy atom. The lowest BCUT2D eigenvalue weighted by Gasteiger charge is -2.13. The van der Waals surface area contributed by atoms with Crippen molar-refractivity contribution in [3.63, 3.8) is 0 Å². The highest BCUT2D eigenvalue weighted by Gasteiger charge is 2.33. The molecule has 1 aromatic carbocycles. The highest BCUT2D eigenvalue weighted by molar-refractivity contribution is 5.62. The van der Waals surface area contributed by atoms with Crippen molar-refractivity contribution in [2.45, 2.75) is 12.6 Å². The number of alkyl halides is 3. The molecular weight excluding hydrogens is 217 g/mol. The Balaban J connectivity index is 2.58. The third-order valence-electron chi connectivity index (χ3n) is 2.42. The summed E-state index contributed by atoms with van der Waals surface area (Å²) in [5, 5.41) is 9.36. The SMILES string of the molecule is OC1=CC=Cc2c(cccc2C(F)(F)F)C1. The predicted molar refractivity (Wildman–Crippen MR) is 54.9 cm³/mol. The van der Waals surface area contributed by atoms with Gasteiger partial charge in [0.1, 0.15) is 0 Å². The lowest BCUT2D eigenvalue weighted by atomic mass is 9.98. The molecule has 4 heteroatoms. The molecule has 0 aromatic heterocycles. The molecule has 0 saturated heterocycles. The van der Waals surface area contributed by atoms with Crippen molar-refractivity contribution < 1.29 is 18.3 Å². The van der Waals surface area contributed by atoms with Crippen molar-refractivity contribution in [1.29, 1.82) is 0 Å². The van der Waals surface area contributed by atoms with Gasteiger partial charge in [-0.05, 0) is 23.3 Å². The van der Waals surface area contributed by atoms with Crippen LogP contribution in [0.25, 0.3) is 6.08 Å². The van der Waals surface area contributed by atoms with E-state index in [9.17, 15) is 18.3 Å². The predicted octanol–water partition coefficient (Wildman–Crippen LogP) is 3.72. The highest BCUT2D eigenvalue weighted by Crippen LogP contribution is 2.35. The summed E-state index contributed by atoms with van der Waals surface area (Å²) in [6, 6.07) is 3.99. The maximum atomic E-state index is 12.7. The first-order chi connectivity index (χ1) is 7.48. The zero-order valence-electron chi connectivity index (χ0n) is 8.25. The Labute approximate surface area is 90.5 Å². The van der Waals surface area contributed by atoms with Crippen molar-refractivity contribution >= 4 is 6.08 Å². The Bertz CT molecular complexity index is 470. The Morgan fingerprint density at radius 2 is 1.94 bits per heavy atom. The minimum Gasteiger partial charge on any atom is -0.512 e. The van der Waals surface area contributed by atoms with Gasteiger partial charge < -0.3 is 5.11 Å². The van der Waals surface area contributed by atoms with Gasteiger partial charge in [0, 0.05) is 6.42 Å². The van der Waals surface area contributed by atoms with Crippen LogP contribution in [0.15, 0.2) is 36.1 Å². The molecule has 0 radical (unpaired) electrons. The summed E-state index contributed by atoms with van der Waals surface area (Å²) < 4.78 is 38.1. The van der Waals surface area contributed by atoms with Crippen LogP contribution < -0.4 is 0 Å². The van der Waals surface area contributed by atoms with E-state index in [0.717, 1.165) is 6.07 Å². The van der Waals surface area contributed by atoms with Gasteiger partial charge in [0.15, 0.2) is 0 Å². The molecule has 0 spiro atoms. The molecule has 2 rings (SSSR count). The Morgan fingerprint density at radius 1 is 1.19 bits per heavy atom. The van der Waals surface area contributed by atoms with E-state index in [0.29, 0.717) is 5.56 Å². The fraction of sp³-hybridized carbons (Fsp3) is 0.167. The molecule has 1 aliphatic carbocycles. The van der Waals surface area contributed by atoms with Crippen LogP contribution in [0.5, 0.6) is 0 Å². The lowest BCUT2D eigenvalue weighted by molar-refractivity contribution is -0.137. The number of aliphatic hydroxyl groups excluding tert-OH is 1. The van der Waals surface area contributed by atoms with E-state index in [-0.39, 0.29) is 17.7 Å². The number of allylic oxidation sites excluding steroid dienone is 3. The summed E-state index contributed by atoms with van der Waals surface area (Å²) in [7, 11) is 0. The van der Waals surface area contributed by atoms with Gasteiger partial charge >= 0.3 is 6.18 Å². The monoisotopic (exact) mass is 226 g/mol. The Kier molecular flexibility index (Phi) is 2.50. The van der Waals surface area contributed by atoms with Gasteiger partial charge in [0.25, 0.3) is 0 Å². The first-order valence-electron chi connectivity index (χ1n) is 4.74. The maximum absolute atomic E-state index is 12.7. The maximum Gasteiger partial charge on any atom is 0.416 e. The van der Waals surface area contributed by atoms with Crippen LogP contribution in [0.4, 0.5) is 13.2 Å². The second-order valence-corrected chi connectivity index (χ2v) is 3.57. The number of hydrogen-bond donors (Lipinski definition) is 1. The third-order valence-corrected chi connectivity index (χ3v) is 2.42. The fourth-order valence-corrected chi connectivity index (χ4v) is 1.72. The number of halogens is 3. The van der Waals surface area contributed by atoms with E-state index in [4.69, 9.17) is 0 Å². The molecule has 1 N–H and O–H groups in total. The smallest absolute Gasteiger partial charge is 0.416 e. The van der Waals surface area contributed by atoms with Gasteiger partial charge in [-0.15, -0.1) is 0 Å². The molecule has 0 amide bonds. The number of benzene rings is 1. The molecule has 1 nitrogen and oxygen atoms in total. The van der Waals surface area contributed by atoms with Crippen LogP contribution in [0.2, 0.25) is 0 Å². The van der Waals surface area contributed by atoms with E-state index in [1.165, 1.54) is 24.3 Å². The van der Waals surface area contributed by atoms with Crippen LogP contribution in [0, 0.1) is 0 Å². The summed E-state index contributed by atoms with van der Waals surface area (Å²) in [6.07, 6.45) is -0.0279. The molecule has 0 fully saturated rings. The topological polar surface area (TPSA) is 20.2 Å². The van der Waals surface area contributed by atoms with Crippen molar-refractivity contribution in [3.8, 4) is 0 Å². The van der Waals surface area contributed by atoms with E-state index >= 15 is 0 Å². The summed E-state index contributed by atoms with van der Waals surface area (Å²) >= 11 is 0. The minimum absolute atomic E-state index is 0.0642. The molecule has 84 valence electrons. The molecule has 0 saturated carbocycles. The molecule has 0 unspecified atom stereocenters. The molecule has 0 aliphatic heterocycles. The standard InChI is InChI=1S/C12H9F3O/c13-12(14,15)11-6-1-3-8-7-9(16)4-2-5-10(8)11/h1-6,16H,7H2. The molecule has 0 heterocycles. The van der Waals surface area contributed by atoms with E-state index in [2.05, 4.69) is 0 Å². The first kappa shape index (κ1) is 10.8. The lowest BCUT2D eigenvalue weighted by Crippen LogP contribution is -2.09. The number of aliphatic hydroxyl groups is 1. The van der Waals surface area contributed by atoms with Crippen LogP contribution in [-0.4, -0.2) is 5.11 Å². The van der Waals surface area contributed by atoms with Crippen LogP contribution in [0.3, 0.4) is 0 Å². The second-order valence-electron chi connectivity index (χ2n) is 3.57. The fourth-order valence-electron chi connectivity index (χ4n) is 1.72. The number of rotatable bonds is 0. The molecular formula is C12H9F3O. The van der Waals surface area contributed by atoms with Gasteiger partial charge in [-0.25, -0.2) is 0 Å². The van der Waals surface area contributed by atoms with Gasteiger partial charge in [-0.3, -0.25) is 0 Å². The van der Waals surface area contributed by atoms with Crippen molar-refractivity contribution in [2.24, 2.45) is 0 Å². The van der Waals surface area contributed by atoms with E-state index in [1.807, 2.05) is 0 Å². The van der Waals surface area contributed by atoms with Crippen molar-refractivity contribution in [2.75, 3.05) is 0 Å². The average molecular weight is 226 g/mol. The van der Waals surface area contributed by atoms with Gasteiger partial charge in [0.2, 0.25) is 0 Å². The normalized spacial score (nSPS) is 15.3. The van der Waals surface area contributed by atoms with E-state index < -0.39 is 11.7 Å². The van der Waals surface area contributed by atoms with Crippen molar-refractivity contribution in [3.05, 3.63) is 52.8 Å². The first-order valence-corrected chi connectivity index (χ1v) is 4.74. The summed E-state index contributed by atoms with van der Waals surface area (Å²) in [6.45, 7) is 0. The van der Waals surface area contributed by atoms with Crippen LogP contribution in [-0.2, 0) is 12.6 Å². The zero-order valence-corrected chi connectivity index (χ0v) is 8.25. The average Bonchev–Trinajstić information content (AvgIpc) is 2.35. The largest absolute Gasteiger partial charge is 0.512 e. The molecule has 0 bridgehead atoms. The zero-order chi connectivity index (χ0) is 11.8. The van der Waals surface area contributed by atoms with Crippen LogP contribution in [0.1, 0.15) is 16.7 Å². The molecule has 1 aromatic rings. The van der Waals surface area contributed by atoms with Gasteiger partial charge in [-0.2, -0.15) is 13.2 Å².